The number of aromatic nitrogens is 1. The number of hydrogen-bond acceptors (Lipinski definition) is 6. The van der Waals surface area contributed by atoms with Crippen LogP contribution in [0.3, 0.4) is 0 Å². The number of thiazole rings is 1. The zero-order chi connectivity index (χ0) is 22.5. The summed E-state index contributed by atoms with van der Waals surface area (Å²) in [6.45, 7) is 1.32. The van der Waals surface area contributed by atoms with Crippen LogP contribution >= 0.6 is 22.9 Å². The average Bonchev–Trinajstić information content (AvgIpc) is 3.14. The fourth-order valence-electron chi connectivity index (χ4n) is 2.55. The van der Waals surface area contributed by atoms with Gasteiger partial charge >= 0.3 is 0 Å². The molecule has 0 bridgehead atoms. The summed E-state index contributed by atoms with van der Waals surface area (Å²) < 4.78 is 14.3. The maximum atomic E-state index is 14.3. The van der Waals surface area contributed by atoms with Crippen molar-refractivity contribution in [1.82, 2.24) is 4.98 Å². The number of anilines is 2. The van der Waals surface area contributed by atoms with Crippen LogP contribution in [0.5, 0.6) is 0 Å². The van der Waals surface area contributed by atoms with Gasteiger partial charge in [0, 0.05) is 35.7 Å². The van der Waals surface area contributed by atoms with Gasteiger partial charge in [0.1, 0.15) is 10.8 Å². The minimum absolute atomic E-state index is 0.000689. The zero-order valence-electron chi connectivity index (χ0n) is 15.9. The number of nitro groups is 1. The van der Waals surface area contributed by atoms with Crippen LogP contribution in [0.25, 0.3) is 17.3 Å². The van der Waals surface area contributed by atoms with Crippen LogP contribution in [0, 0.1) is 15.9 Å². The third kappa shape index (κ3) is 5.71. The smallest absolute Gasteiger partial charge is 0.288 e. The van der Waals surface area contributed by atoms with Crippen molar-refractivity contribution >= 4 is 57.3 Å². The van der Waals surface area contributed by atoms with Crippen LogP contribution in [0.2, 0.25) is 5.02 Å². The number of hydrogen-bond donors (Lipinski definition) is 2. The SMILES string of the molecule is CC(=O)Nc1ccc(-c2csc(NC(=O)/C=C/c3ccc(Cl)c([N+](=O)[O-])c3)n2)c(F)c1. The number of amides is 2. The van der Waals surface area contributed by atoms with E-state index in [1.54, 1.807) is 11.4 Å². The predicted molar refractivity (Wildman–Crippen MR) is 118 cm³/mol. The first-order valence-electron chi connectivity index (χ1n) is 8.69. The Balaban J connectivity index is 1.69. The quantitative estimate of drug-likeness (QED) is 0.301. The summed E-state index contributed by atoms with van der Waals surface area (Å²) >= 11 is 6.86. The Morgan fingerprint density at radius 2 is 2.00 bits per heavy atom. The molecule has 1 aromatic heterocycles. The molecule has 0 aliphatic carbocycles. The molecule has 2 N–H and O–H groups in total. The number of carbonyl (C=O) groups excluding carboxylic acids is 2. The molecule has 0 unspecified atom stereocenters. The van der Waals surface area contributed by atoms with Crippen molar-refractivity contribution in [2.45, 2.75) is 6.92 Å². The summed E-state index contributed by atoms with van der Waals surface area (Å²) in [5.74, 6) is -1.40. The van der Waals surface area contributed by atoms with Crippen LogP contribution in [-0.2, 0) is 9.59 Å². The first-order valence-corrected chi connectivity index (χ1v) is 9.95. The lowest BCUT2D eigenvalue weighted by Crippen LogP contribution is -2.07. The van der Waals surface area contributed by atoms with E-state index in [-0.39, 0.29) is 27.3 Å². The van der Waals surface area contributed by atoms with Gasteiger partial charge in [-0.2, -0.15) is 0 Å². The molecule has 8 nitrogen and oxygen atoms in total. The number of halogens is 2. The topological polar surface area (TPSA) is 114 Å². The Morgan fingerprint density at radius 1 is 1.23 bits per heavy atom. The fourth-order valence-corrected chi connectivity index (χ4v) is 3.45. The maximum absolute atomic E-state index is 14.3. The number of benzene rings is 2. The lowest BCUT2D eigenvalue weighted by molar-refractivity contribution is -0.384. The van der Waals surface area contributed by atoms with Gasteiger partial charge in [-0.3, -0.25) is 25.0 Å². The van der Waals surface area contributed by atoms with E-state index in [1.165, 1.54) is 49.4 Å². The average molecular weight is 461 g/mol. The van der Waals surface area contributed by atoms with Crippen LogP contribution in [0.1, 0.15) is 12.5 Å². The number of nitrogens with zero attached hydrogens (tertiary/aromatic N) is 2. The van der Waals surface area contributed by atoms with Gasteiger partial charge in [-0.15, -0.1) is 11.3 Å². The monoisotopic (exact) mass is 460 g/mol. The summed E-state index contributed by atoms with van der Waals surface area (Å²) in [5.41, 5.74) is 1.03. The van der Waals surface area contributed by atoms with Gasteiger partial charge in [0.25, 0.3) is 5.69 Å². The van der Waals surface area contributed by atoms with E-state index in [1.807, 2.05) is 0 Å². The number of rotatable bonds is 6. The van der Waals surface area contributed by atoms with Gasteiger partial charge in [-0.1, -0.05) is 17.7 Å². The summed E-state index contributed by atoms with van der Waals surface area (Å²) in [6.07, 6.45) is 2.59. The standard InChI is InChI=1S/C20H14ClFN4O4S/c1-11(27)23-13-4-5-14(16(22)9-13)17-10-31-20(24-17)25-19(28)7-3-12-2-6-15(21)18(8-12)26(29)30/h2-10H,1H3,(H,23,27)(H,24,25,28)/b7-3+. The number of nitrogens with one attached hydrogen (secondary N) is 2. The van der Waals surface area contributed by atoms with Crippen molar-refractivity contribution in [2.24, 2.45) is 0 Å². The molecule has 2 aromatic carbocycles. The van der Waals surface area contributed by atoms with Gasteiger partial charge in [0.05, 0.1) is 10.6 Å². The van der Waals surface area contributed by atoms with Gasteiger partial charge in [-0.05, 0) is 35.9 Å². The predicted octanol–water partition coefficient (Wildman–Crippen LogP) is 5.12. The van der Waals surface area contributed by atoms with Gasteiger partial charge in [-0.25, -0.2) is 9.37 Å². The van der Waals surface area contributed by atoms with Crippen molar-refractivity contribution in [2.75, 3.05) is 10.6 Å². The van der Waals surface area contributed by atoms with E-state index >= 15 is 0 Å². The van der Waals surface area contributed by atoms with E-state index in [0.29, 0.717) is 16.9 Å². The minimum atomic E-state index is -0.612. The highest BCUT2D eigenvalue weighted by molar-refractivity contribution is 7.14. The number of nitro benzene ring substituents is 1. The summed E-state index contributed by atoms with van der Waals surface area (Å²) in [5, 5.41) is 17.8. The molecule has 3 rings (SSSR count). The molecular weight excluding hydrogens is 447 g/mol. The Hall–Kier alpha value is -3.63. The largest absolute Gasteiger partial charge is 0.326 e. The van der Waals surface area contributed by atoms with E-state index in [2.05, 4.69) is 15.6 Å². The summed E-state index contributed by atoms with van der Waals surface area (Å²) in [7, 11) is 0. The lowest BCUT2D eigenvalue weighted by Gasteiger charge is -2.04. The Bertz CT molecular complexity index is 1210. The maximum Gasteiger partial charge on any atom is 0.288 e. The second-order valence-electron chi connectivity index (χ2n) is 6.20. The van der Waals surface area contributed by atoms with Crippen molar-refractivity contribution < 1.29 is 18.9 Å². The van der Waals surface area contributed by atoms with Crippen molar-refractivity contribution in [3.05, 3.63) is 74.4 Å². The van der Waals surface area contributed by atoms with Crippen LogP contribution in [0.15, 0.2) is 47.9 Å². The van der Waals surface area contributed by atoms with Gasteiger partial charge in [0.2, 0.25) is 11.8 Å². The highest BCUT2D eigenvalue weighted by atomic mass is 35.5. The minimum Gasteiger partial charge on any atom is -0.326 e. The van der Waals surface area contributed by atoms with E-state index < -0.39 is 16.6 Å². The third-order valence-electron chi connectivity index (χ3n) is 3.89. The molecule has 11 heteroatoms. The molecule has 0 saturated carbocycles. The molecule has 1 heterocycles. The molecular formula is C20H14ClFN4O4S. The zero-order valence-corrected chi connectivity index (χ0v) is 17.5. The third-order valence-corrected chi connectivity index (χ3v) is 4.97. The molecule has 0 fully saturated rings. The molecule has 158 valence electrons. The molecule has 0 atom stereocenters. The van der Waals surface area contributed by atoms with Gasteiger partial charge < -0.3 is 5.32 Å². The molecule has 2 amide bonds. The van der Waals surface area contributed by atoms with E-state index in [4.69, 9.17) is 11.6 Å². The van der Waals surface area contributed by atoms with Crippen LogP contribution < -0.4 is 10.6 Å². The normalized spacial score (nSPS) is 10.8. The molecule has 3 aromatic rings. The fraction of sp³-hybridized carbons (Fsp3) is 0.0500. The first-order chi connectivity index (χ1) is 14.7. The molecule has 0 aliphatic rings. The van der Waals surface area contributed by atoms with E-state index in [9.17, 15) is 24.1 Å². The Labute approximate surface area is 184 Å². The molecule has 31 heavy (non-hydrogen) atoms. The van der Waals surface area contributed by atoms with Crippen molar-refractivity contribution in [1.29, 1.82) is 0 Å². The molecule has 0 spiro atoms. The summed E-state index contributed by atoms with van der Waals surface area (Å²) in [4.78, 5) is 37.7. The highest BCUT2D eigenvalue weighted by Gasteiger charge is 2.13. The van der Waals surface area contributed by atoms with Crippen molar-refractivity contribution in [3.8, 4) is 11.3 Å². The van der Waals surface area contributed by atoms with Crippen molar-refractivity contribution in [3.63, 3.8) is 0 Å². The second kappa shape index (κ2) is 9.45. The Kier molecular flexibility index (Phi) is 6.73. The number of carbonyl (C=O) groups is 2. The molecule has 0 saturated heterocycles. The summed E-state index contributed by atoms with van der Waals surface area (Å²) in [6, 6.07) is 8.37. The van der Waals surface area contributed by atoms with Gasteiger partial charge in [0.15, 0.2) is 5.13 Å². The molecule has 0 radical (unpaired) electrons. The molecule has 0 aliphatic heterocycles. The van der Waals surface area contributed by atoms with Crippen LogP contribution in [0.4, 0.5) is 20.9 Å². The highest BCUT2D eigenvalue weighted by Crippen LogP contribution is 2.29. The lowest BCUT2D eigenvalue weighted by atomic mass is 10.1. The van der Waals surface area contributed by atoms with E-state index in [0.717, 1.165) is 11.3 Å². The first kappa shape index (κ1) is 22.1. The Morgan fingerprint density at radius 3 is 2.68 bits per heavy atom. The second-order valence-corrected chi connectivity index (χ2v) is 7.47. The van der Waals surface area contributed by atoms with Crippen LogP contribution in [-0.4, -0.2) is 21.7 Å².